The molecular formula is C7H14N2O2. The summed E-state index contributed by atoms with van der Waals surface area (Å²) in [6.45, 7) is 5.84. The van der Waals surface area contributed by atoms with Gasteiger partial charge in [-0.25, -0.2) is 4.79 Å². The van der Waals surface area contributed by atoms with Crippen molar-refractivity contribution in [1.82, 2.24) is 10.6 Å². The molecule has 4 heteroatoms. The summed E-state index contributed by atoms with van der Waals surface area (Å²) < 4.78 is 0. The average molecular weight is 158 g/mol. The highest BCUT2D eigenvalue weighted by Gasteiger charge is 2.26. The van der Waals surface area contributed by atoms with Crippen LogP contribution in [0.2, 0.25) is 0 Å². The van der Waals surface area contributed by atoms with Crippen molar-refractivity contribution < 1.29 is 9.59 Å². The quantitative estimate of drug-likeness (QED) is 0.550. The Balaban J connectivity index is 0.000000461. The summed E-state index contributed by atoms with van der Waals surface area (Å²) in [5.74, 6) is -0.220. The highest BCUT2D eigenvalue weighted by Crippen LogP contribution is 1.95. The lowest BCUT2D eigenvalue weighted by Gasteiger charge is -1.98. The minimum absolute atomic E-state index is 0.220. The number of urea groups is 1. The zero-order valence-corrected chi connectivity index (χ0v) is 7.10. The van der Waals surface area contributed by atoms with E-state index in [-0.39, 0.29) is 18.0 Å². The molecule has 0 aromatic rings. The second-order valence-electron chi connectivity index (χ2n) is 1.92. The van der Waals surface area contributed by atoms with E-state index in [0.717, 1.165) is 0 Å². The average Bonchev–Trinajstić information content (AvgIpc) is 2.33. The van der Waals surface area contributed by atoms with Crippen LogP contribution in [0.25, 0.3) is 0 Å². The van der Waals surface area contributed by atoms with Gasteiger partial charge in [0.05, 0.1) is 0 Å². The Labute approximate surface area is 66.4 Å². The van der Waals surface area contributed by atoms with Gasteiger partial charge in [0.1, 0.15) is 6.04 Å². The van der Waals surface area contributed by atoms with Crippen molar-refractivity contribution in [3.8, 4) is 0 Å². The molecule has 1 aliphatic rings. The van der Waals surface area contributed by atoms with Crippen LogP contribution in [0.4, 0.5) is 4.79 Å². The Bertz CT molecular complexity index is 157. The molecule has 64 valence electrons. The fourth-order valence-electron chi connectivity index (χ4n) is 0.746. The summed E-state index contributed by atoms with van der Waals surface area (Å²) in [4.78, 5) is 21.0. The van der Waals surface area contributed by atoms with E-state index in [9.17, 15) is 9.59 Å². The molecule has 1 heterocycles. The fourth-order valence-corrected chi connectivity index (χ4v) is 0.746. The monoisotopic (exact) mass is 158 g/mol. The maximum atomic E-state index is 10.6. The number of hydrogen-bond acceptors (Lipinski definition) is 2. The number of carbonyl (C=O) groups excluding carboxylic acids is 2. The summed E-state index contributed by atoms with van der Waals surface area (Å²) >= 11 is 0. The molecule has 0 aromatic heterocycles. The smallest absolute Gasteiger partial charge is 0.322 e. The molecule has 1 atom stereocenters. The fraction of sp³-hybridized carbons (Fsp3) is 0.714. The van der Waals surface area contributed by atoms with E-state index >= 15 is 0 Å². The molecule has 0 saturated carbocycles. The zero-order chi connectivity index (χ0) is 8.85. The lowest BCUT2D eigenvalue weighted by atomic mass is 10.2. The maximum absolute atomic E-state index is 10.6. The van der Waals surface area contributed by atoms with Gasteiger partial charge in [0.15, 0.2) is 0 Å². The summed E-state index contributed by atoms with van der Waals surface area (Å²) in [5.41, 5.74) is 0. The first-order valence-electron chi connectivity index (χ1n) is 3.85. The number of rotatable bonds is 1. The number of hydrogen-bond donors (Lipinski definition) is 2. The SMILES string of the molecule is CC.CCC1NC(=O)NC1=O. The summed E-state index contributed by atoms with van der Waals surface area (Å²) in [7, 11) is 0. The predicted octanol–water partition coefficient (Wildman–Crippen LogP) is 0.631. The number of carbonyl (C=O) groups is 2. The van der Waals surface area contributed by atoms with Gasteiger partial charge in [0, 0.05) is 0 Å². The highest BCUT2D eigenvalue weighted by molar-refractivity contribution is 6.04. The van der Waals surface area contributed by atoms with E-state index in [1.807, 2.05) is 20.8 Å². The molecule has 1 unspecified atom stereocenters. The van der Waals surface area contributed by atoms with Crippen LogP contribution in [0.5, 0.6) is 0 Å². The molecule has 1 saturated heterocycles. The summed E-state index contributed by atoms with van der Waals surface area (Å²) in [6, 6.07) is -0.690. The zero-order valence-electron chi connectivity index (χ0n) is 7.10. The van der Waals surface area contributed by atoms with Crippen molar-refractivity contribution in [2.45, 2.75) is 33.2 Å². The molecule has 11 heavy (non-hydrogen) atoms. The Morgan fingerprint density at radius 1 is 1.36 bits per heavy atom. The maximum Gasteiger partial charge on any atom is 0.322 e. The first-order valence-corrected chi connectivity index (χ1v) is 3.85. The van der Waals surface area contributed by atoms with Crippen LogP contribution >= 0.6 is 0 Å². The molecule has 0 aromatic carbocycles. The van der Waals surface area contributed by atoms with Crippen molar-refractivity contribution in [2.75, 3.05) is 0 Å². The van der Waals surface area contributed by atoms with Gasteiger partial charge in [-0.1, -0.05) is 20.8 Å². The largest absolute Gasteiger partial charge is 0.326 e. The van der Waals surface area contributed by atoms with Crippen LogP contribution in [0, 0.1) is 0 Å². The molecule has 3 amide bonds. The van der Waals surface area contributed by atoms with Gasteiger partial charge < -0.3 is 5.32 Å². The van der Waals surface area contributed by atoms with Crippen molar-refractivity contribution in [3.63, 3.8) is 0 Å². The topological polar surface area (TPSA) is 58.2 Å². The van der Waals surface area contributed by atoms with Gasteiger partial charge in [-0.15, -0.1) is 0 Å². The van der Waals surface area contributed by atoms with E-state index in [1.165, 1.54) is 0 Å². The Morgan fingerprint density at radius 3 is 2.09 bits per heavy atom. The Hall–Kier alpha value is -1.06. The minimum atomic E-state index is -0.383. The molecule has 1 rings (SSSR count). The van der Waals surface area contributed by atoms with Crippen molar-refractivity contribution >= 4 is 11.9 Å². The predicted molar refractivity (Wildman–Crippen MR) is 42.1 cm³/mol. The van der Waals surface area contributed by atoms with Crippen LogP contribution in [0.1, 0.15) is 27.2 Å². The first-order chi connectivity index (χ1) is 5.24. The molecule has 1 fully saturated rings. The summed E-state index contributed by atoms with van der Waals surface area (Å²) in [6.07, 6.45) is 0.650. The van der Waals surface area contributed by atoms with Gasteiger partial charge in [-0.05, 0) is 6.42 Å². The molecule has 0 aliphatic carbocycles. The van der Waals surface area contributed by atoms with Crippen molar-refractivity contribution in [1.29, 1.82) is 0 Å². The molecule has 4 nitrogen and oxygen atoms in total. The Morgan fingerprint density at radius 2 is 1.91 bits per heavy atom. The number of imide groups is 1. The van der Waals surface area contributed by atoms with Crippen LogP contribution in [0.3, 0.4) is 0 Å². The minimum Gasteiger partial charge on any atom is -0.326 e. The third-order valence-electron chi connectivity index (χ3n) is 1.27. The van der Waals surface area contributed by atoms with Gasteiger partial charge in [-0.2, -0.15) is 0 Å². The molecule has 0 spiro atoms. The van der Waals surface area contributed by atoms with Gasteiger partial charge in [0.2, 0.25) is 0 Å². The molecule has 1 aliphatic heterocycles. The molecule has 2 N–H and O–H groups in total. The molecule has 0 radical (unpaired) electrons. The van der Waals surface area contributed by atoms with Crippen LogP contribution in [0.15, 0.2) is 0 Å². The second-order valence-corrected chi connectivity index (χ2v) is 1.92. The lowest BCUT2D eigenvalue weighted by Crippen LogP contribution is -2.27. The Kier molecular flexibility index (Phi) is 4.26. The normalized spacial score (nSPS) is 21.5. The van der Waals surface area contributed by atoms with Crippen LogP contribution in [-0.4, -0.2) is 18.0 Å². The molecular weight excluding hydrogens is 144 g/mol. The van der Waals surface area contributed by atoms with Crippen LogP contribution < -0.4 is 10.6 Å². The van der Waals surface area contributed by atoms with E-state index in [4.69, 9.17) is 0 Å². The van der Waals surface area contributed by atoms with E-state index in [2.05, 4.69) is 10.6 Å². The van der Waals surface area contributed by atoms with Crippen molar-refractivity contribution in [2.24, 2.45) is 0 Å². The van der Waals surface area contributed by atoms with Gasteiger partial charge >= 0.3 is 6.03 Å². The van der Waals surface area contributed by atoms with E-state index in [0.29, 0.717) is 6.42 Å². The number of amides is 3. The first kappa shape index (κ1) is 9.94. The molecule has 0 bridgehead atoms. The van der Waals surface area contributed by atoms with Crippen LogP contribution in [-0.2, 0) is 4.79 Å². The standard InChI is InChI=1S/C5H8N2O2.C2H6/c1-2-3-4(8)7-5(9)6-3;1-2/h3H,2H2,1H3,(H2,6,7,8,9);1-2H3. The third-order valence-corrected chi connectivity index (χ3v) is 1.27. The van der Waals surface area contributed by atoms with E-state index < -0.39 is 0 Å². The number of nitrogens with one attached hydrogen (secondary N) is 2. The van der Waals surface area contributed by atoms with E-state index in [1.54, 1.807) is 0 Å². The summed E-state index contributed by atoms with van der Waals surface area (Å²) in [5, 5.41) is 4.58. The second kappa shape index (κ2) is 4.71. The van der Waals surface area contributed by atoms with Gasteiger partial charge in [-0.3, -0.25) is 10.1 Å². The van der Waals surface area contributed by atoms with Gasteiger partial charge in [0.25, 0.3) is 5.91 Å². The third kappa shape index (κ3) is 2.57. The van der Waals surface area contributed by atoms with Crippen molar-refractivity contribution in [3.05, 3.63) is 0 Å². The highest BCUT2D eigenvalue weighted by atomic mass is 16.2. The lowest BCUT2D eigenvalue weighted by molar-refractivity contribution is -0.120.